The Morgan fingerprint density at radius 3 is 2.65 bits per heavy atom. The number of ether oxygens (including phenoxy) is 2. The zero-order valence-electron chi connectivity index (χ0n) is 15.8. The molecule has 7 nitrogen and oxygen atoms in total. The molecular formula is C20H15ClF3N3O4. The molecule has 0 radical (unpaired) electrons. The van der Waals surface area contributed by atoms with Crippen LogP contribution in [-0.4, -0.2) is 27.2 Å². The third kappa shape index (κ3) is 4.64. The molecule has 0 saturated carbocycles. The van der Waals surface area contributed by atoms with E-state index >= 15 is 0 Å². The number of fused-ring (bicyclic) bond motifs is 1. The largest absolute Gasteiger partial charge is 0.443 e. The van der Waals surface area contributed by atoms with Gasteiger partial charge in [0.2, 0.25) is 0 Å². The molecule has 31 heavy (non-hydrogen) atoms. The predicted molar refractivity (Wildman–Crippen MR) is 105 cm³/mol. The van der Waals surface area contributed by atoms with E-state index in [2.05, 4.69) is 4.98 Å². The number of hydrogen-bond acceptors (Lipinski definition) is 5. The van der Waals surface area contributed by atoms with E-state index in [0.29, 0.717) is 17.7 Å². The summed E-state index contributed by atoms with van der Waals surface area (Å²) in [6, 6.07) is 10.5. The van der Waals surface area contributed by atoms with E-state index < -0.39 is 16.7 Å². The molecule has 0 unspecified atom stereocenters. The summed E-state index contributed by atoms with van der Waals surface area (Å²) in [5, 5.41) is 10.8. The molecule has 0 fully saturated rings. The van der Waals surface area contributed by atoms with Gasteiger partial charge in [0.05, 0.1) is 18.7 Å². The molecule has 1 aliphatic rings. The van der Waals surface area contributed by atoms with Crippen molar-refractivity contribution in [2.45, 2.75) is 25.4 Å². The normalized spacial score (nSPS) is 15.9. The molecule has 2 aromatic carbocycles. The second kappa shape index (κ2) is 8.20. The average Bonchev–Trinajstić information content (AvgIpc) is 3.16. The summed E-state index contributed by atoms with van der Waals surface area (Å²) in [7, 11) is 0. The van der Waals surface area contributed by atoms with Crippen LogP contribution in [-0.2, 0) is 24.1 Å². The Morgan fingerprint density at radius 1 is 1.26 bits per heavy atom. The Balaban J connectivity index is 1.39. The van der Waals surface area contributed by atoms with Gasteiger partial charge in [-0.2, -0.15) is 13.2 Å². The van der Waals surface area contributed by atoms with Crippen molar-refractivity contribution in [2.75, 3.05) is 6.61 Å². The van der Waals surface area contributed by atoms with Crippen LogP contribution in [0.15, 0.2) is 48.7 Å². The van der Waals surface area contributed by atoms with E-state index in [0.717, 1.165) is 17.7 Å². The van der Waals surface area contributed by atoms with Crippen LogP contribution in [0, 0.1) is 10.1 Å². The maximum Gasteiger partial charge on any atom is 0.416 e. The molecule has 0 N–H and O–H groups in total. The van der Waals surface area contributed by atoms with Crippen LogP contribution in [0.1, 0.15) is 11.1 Å². The number of rotatable bonds is 5. The highest BCUT2D eigenvalue weighted by Crippen LogP contribution is 2.35. The summed E-state index contributed by atoms with van der Waals surface area (Å²) in [5.74, 6) is -0.284. The zero-order chi connectivity index (χ0) is 22.2. The van der Waals surface area contributed by atoms with E-state index in [4.69, 9.17) is 21.1 Å². The number of benzene rings is 2. The van der Waals surface area contributed by atoms with Crippen molar-refractivity contribution in [3.8, 4) is 17.1 Å². The van der Waals surface area contributed by atoms with Crippen molar-refractivity contribution in [3.05, 3.63) is 74.9 Å². The summed E-state index contributed by atoms with van der Waals surface area (Å²) in [5.41, 5.74) is 1.22. The number of imidazole rings is 1. The van der Waals surface area contributed by atoms with Gasteiger partial charge in [-0.15, -0.1) is 0 Å². The van der Waals surface area contributed by atoms with Gasteiger partial charge in [-0.1, -0.05) is 41.9 Å². The first-order valence-corrected chi connectivity index (χ1v) is 9.50. The summed E-state index contributed by atoms with van der Waals surface area (Å²) in [6.07, 6.45) is -3.47. The van der Waals surface area contributed by atoms with Crippen LogP contribution in [0.2, 0.25) is 5.02 Å². The lowest BCUT2D eigenvalue weighted by atomic mass is 10.0. The van der Waals surface area contributed by atoms with Crippen molar-refractivity contribution in [2.24, 2.45) is 0 Å². The van der Waals surface area contributed by atoms with Crippen molar-refractivity contribution in [3.63, 3.8) is 0 Å². The number of aromatic nitrogens is 2. The van der Waals surface area contributed by atoms with Gasteiger partial charge in [-0.3, -0.25) is 4.57 Å². The fourth-order valence-electron chi connectivity index (χ4n) is 3.18. The highest BCUT2D eigenvalue weighted by atomic mass is 35.5. The van der Waals surface area contributed by atoms with Crippen molar-refractivity contribution >= 4 is 17.4 Å². The van der Waals surface area contributed by atoms with Gasteiger partial charge in [-0.25, -0.2) is 0 Å². The van der Waals surface area contributed by atoms with Gasteiger partial charge >= 0.3 is 18.0 Å². The van der Waals surface area contributed by atoms with Gasteiger partial charge in [-0.05, 0) is 28.2 Å². The molecule has 4 rings (SSSR count). The van der Waals surface area contributed by atoms with Crippen LogP contribution in [0.25, 0.3) is 11.1 Å². The van der Waals surface area contributed by atoms with E-state index in [1.165, 1.54) is 16.8 Å². The lowest BCUT2D eigenvalue weighted by molar-refractivity contribution is -0.389. The SMILES string of the molecule is O=[N+]([O-])c1cn2c(n1)OC[C@@H](OCc1ccc(-c3ccc(C(F)(F)F)cc3Cl)cc1)C2. The van der Waals surface area contributed by atoms with Crippen LogP contribution in [0.5, 0.6) is 6.01 Å². The fraction of sp³-hybridized carbons (Fsp3) is 0.250. The lowest BCUT2D eigenvalue weighted by Gasteiger charge is -2.22. The molecule has 162 valence electrons. The molecule has 0 bridgehead atoms. The van der Waals surface area contributed by atoms with Crippen molar-refractivity contribution < 1.29 is 27.6 Å². The average molecular weight is 454 g/mol. The third-order valence-corrected chi connectivity index (χ3v) is 5.07. The van der Waals surface area contributed by atoms with Crippen LogP contribution in [0.4, 0.5) is 19.0 Å². The van der Waals surface area contributed by atoms with Crippen LogP contribution in [0.3, 0.4) is 0 Å². The number of hydrogen-bond donors (Lipinski definition) is 0. The molecule has 2 heterocycles. The second-order valence-electron chi connectivity index (χ2n) is 6.92. The Kier molecular flexibility index (Phi) is 5.59. The van der Waals surface area contributed by atoms with Crippen molar-refractivity contribution in [1.29, 1.82) is 0 Å². The van der Waals surface area contributed by atoms with E-state index in [1.54, 1.807) is 24.3 Å². The zero-order valence-corrected chi connectivity index (χ0v) is 16.6. The first kappa shape index (κ1) is 21.1. The summed E-state index contributed by atoms with van der Waals surface area (Å²) in [6.45, 7) is 0.851. The quantitative estimate of drug-likeness (QED) is 0.396. The Labute approximate surface area is 179 Å². The van der Waals surface area contributed by atoms with Crippen LogP contribution < -0.4 is 4.74 Å². The molecule has 0 aliphatic carbocycles. The molecule has 0 saturated heterocycles. The minimum atomic E-state index is -4.45. The van der Waals surface area contributed by atoms with Crippen molar-refractivity contribution in [1.82, 2.24) is 9.55 Å². The molecule has 3 aromatic rings. The van der Waals surface area contributed by atoms with Gasteiger partial charge in [0.1, 0.15) is 18.9 Å². The maximum absolute atomic E-state index is 12.8. The minimum absolute atomic E-state index is 0.0170. The highest BCUT2D eigenvalue weighted by Gasteiger charge is 2.31. The van der Waals surface area contributed by atoms with Crippen LogP contribution >= 0.6 is 11.6 Å². The maximum atomic E-state index is 12.8. The molecule has 11 heteroatoms. The highest BCUT2D eigenvalue weighted by molar-refractivity contribution is 6.33. The van der Waals surface area contributed by atoms with Gasteiger partial charge in [0.15, 0.2) is 0 Å². The van der Waals surface area contributed by atoms with E-state index in [1.807, 2.05) is 0 Å². The molecule has 1 aliphatic heterocycles. The predicted octanol–water partition coefficient (Wildman–Crippen LogP) is 5.11. The summed E-state index contributed by atoms with van der Waals surface area (Å²) in [4.78, 5) is 14.0. The first-order chi connectivity index (χ1) is 14.7. The molecular weight excluding hydrogens is 439 g/mol. The number of nitro groups is 1. The number of alkyl halides is 3. The van der Waals surface area contributed by atoms with E-state index in [9.17, 15) is 23.3 Å². The third-order valence-electron chi connectivity index (χ3n) is 4.76. The first-order valence-electron chi connectivity index (χ1n) is 9.13. The fourth-order valence-corrected chi connectivity index (χ4v) is 3.47. The molecule has 0 spiro atoms. The van der Waals surface area contributed by atoms with E-state index in [-0.39, 0.29) is 36.2 Å². The molecule has 1 atom stereocenters. The van der Waals surface area contributed by atoms with Gasteiger partial charge in [0.25, 0.3) is 0 Å². The summed E-state index contributed by atoms with van der Waals surface area (Å²) < 4.78 is 51.1. The lowest BCUT2D eigenvalue weighted by Crippen LogP contribution is -2.32. The Hall–Kier alpha value is -3.11. The number of halogens is 4. The smallest absolute Gasteiger partial charge is 0.416 e. The summed E-state index contributed by atoms with van der Waals surface area (Å²) >= 11 is 6.05. The molecule has 0 amide bonds. The standard InChI is InChI=1S/C20H15ClF3N3O4/c21-17-7-14(20(22,23)24)5-6-16(17)13-3-1-12(2-4-13)10-30-15-8-26-9-18(27(28)29)25-19(26)31-11-15/h1-7,9,15H,8,10-11H2/t15-/m0/s1. The monoisotopic (exact) mass is 453 g/mol. The number of nitrogens with zero attached hydrogens (tertiary/aromatic N) is 3. The molecule has 1 aromatic heterocycles. The Morgan fingerprint density at radius 2 is 2.00 bits per heavy atom. The minimum Gasteiger partial charge on any atom is -0.443 e. The Bertz CT molecular complexity index is 1120. The topological polar surface area (TPSA) is 79.4 Å². The second-order valence-corrected chi connectivity index (χ2v) is 7.33. The van der Waals surface area contributed by atoms with Gasteiger partial charge in [0, 0.05) is 15.6 Å². The van der Waals surface area contributed by atoms with Gasteiger partial charge < -0.3 is 19.6 Å².